The quantitative estimate of drug-likeness (QED) is 0.848. The molecule has 3 unspecified atom stereocenters. The van der Waals surface area contributed by atoms with Crippen LogP contribution in [0.1, 0.15) is 36.1 Å². The van der Waals surface area contributed by atoms with E-state index in [0.29, 0.717) is 5.92 Å². The van der Waals surface area contributed by atoms with Crippen molar-refractivity contribution in [1.29, 1.82) is 0 Å². The zero-order valence-electron chi connectivity index (χ0n) is 10.6. The molecule has 2 N–H and O–H groups in total. The highest BCUT2D eigenvalue weighted by Crippen LogP contribution is 2.48. The van der Waals surface area contributed by atoms with Gasteiger partial charge in [0, 0.05) is 11.6 Å². The van der Waals surface area contributed by atoms with Crippen LogP contribution in [0, 0.1) is 25.7 Å². The van der Waals surface area contributed by atoms with Crippen molar-refractivity contribution in [2.45, 2.75) is 33.2 Å². The number of hydrogen-bond acceptors (Lipinski definition) is 2. The van der Waals surface area contributed by atoms with Gasteiger partial charge in [0.05, 0.1) is 7.11 Å². The molecule has 0 heterocycles. The highest BCUT2D eigenvalue weighted by molar-refractivity contribution is 5.45. The number of aryl methyl sites for hydroxylation is 2. The van der Waals surface area contributed by atoms with Crippen molar-refractivity contribution in [3.05, 3.63) is 28.8 Å². The van der Waals surface area contributed by atoms with Crippen molar-refractivity contribution in [1.82, 2.24) is 0 Å². The van der Waals surface area contributed by atoms with Crippen molar-refractivity contribution in [2.24, 2.45) is 17.6 Å². The topological polar surface area (TPSA) is 35.2 Å². The molecule has 1 aromatic rings. The highest BCUT2D eigenvalue weighted by atomic mass is 16.5. The summed E-state index contributed by atoms with van der Waals surface area (Å²) in [5.74, 6) is 2.35. The third-order valence-corrected chi connectivity index (χ3v) is 3.68. The van der Waals surface area contributed by atoms with Gasteiger partial charge in [0.1, 0.15) is 5.75 Å². The molecule has 0 saturated heterocycles. The van der Waals surface area contributed by atoms with Gasteiger partial charge in [-0.25, -0.2) is 0 Å². The summed E-state index contributed by atoms with van der Waals surface area (Å²) in [6.45, 7) is 6.48. The van der Waals surface area contributed by atoms with Gasteiger partial charge in [0.15, 0.2) is 0 Å². The number of rotatable bonds is 3. The molecule has 1 aliphatic carbocycles. The summed E-state index contributed by atoms with van der Waals surface area (Å²) in [5.41, 5.74) is 10.0. The van der Waals surface area contributed by atoms with E-state index in [1.54, 1.807) is 7.11 Å². The van der Waals surface area contributed by atoms with Gasteiger partial charge in [-0.1, -0.05) is 13.0 Å². The Bertz CT molecular complexity index is 400. The van der Waals surface area contributed by atoms with Crippen LogP contribution >= 0.6 is 0 Å². The maximum Gasteiger partial charge on any atom is 0.124 e. The van der Waals surface area contributed by atoms with E-state index >= 15 is 0 Å². The molecule has 88 valence electrons. The normalized spacial score (nSPS) is 25.3. The minimum Gasteiger partial charge on any atom is -0.496 e. The van der Waals surface area contributed by atoms with Crippen LogP contribution in [-0.4, -0.2) is 7.11 Å². The maximum atomic E-state index is 6.34. The average molecular weight is 219 g/mol. The molecule has 1 aromatic carbocycles. The fourth-order valence-corrected chi connectivity index (χ4v) is 2.60. The second kappa shape index (κ2) is 4.10. The first kappa shape index (κ1) is 11.5. The lowest BCUT2D eigenvalue weighted by molar-refractivity contribution is 0.401. The van der Waals surface area contributed by atoms with E-state index in [9.17, 15) is 0 Å². The van der Waals surface area contributed by atoms with Gasteiger partial charge in [0.25, 0.3) is 0 Å². The van der Waals surface area contributed by atoms with Crippen LogP contribution in [0.4, 0.5) is 0 Å². The molecule has 1 fully saturated rings. The number of nitrogens with two attached hydrogens (primary N) is 1. The Morgan fingerprint density at radius 3 is 2.50 bits per heavy atom. The molecule has 0 spiro atoms. The van der Waals surface area contributed by atoms with Crippen LogP contribution in [0.2, 0.25) is 0 Å². The molecule has 0 amide bonds. The largest absolute Gasteiger partial charge is 0.496 e. The molecular weight excluding hydrogens is 198 g/mol. The van der Waals surface area contributed by atoms with Crippen LogP contribution in [0.3, 0.4) is 0 Å². The average Bonchev–Trinajstić information content (AvgIpc) is 2.93. The standard InChI is InChI=1S/C14H21NO/c1-8-5-10(3)13(12(6-8)16-4)14(15)11-7-9(11)2/h5-6,9,11,14H,7,15H2,1-4H3. The van der Waals surface area contributed by atoms with Gasteiger partial charge in [-0.3, -0.25) is 0 Å². The summed E-state index contributed by atoms with van der Waals surface area (Å²) in [5, 5.41) is 0. The number of benzene rings is 1. The molecule has 0 aromatic heterocycles. The van der Waals surface area contributed by atoms with E-state index < -0.39 is 0 Å². The Balaban J connectivity index is 2.38. The fraction of sp³-hybridized carbons (Fsp3) is 0.571. The molecule has 1 aliphatic rings. The molecule has 0 radical (unpaired) electrons. The second-order valence-electron chi connectivity index (χ2n) is 5.10. The predicted molar refractivity (Wildman–Crippen MR) is 66.7 cm³/mol. The number of hydrogen-bond donors (Lipinski definition) is 1. The minimum absolute atomic E-state index is 0.130. The van der Waals surface area contributed by atoms with Crippen molar-refractivity contribution < 1.29 is 4.74 Å². The molecule has 2 nitrogen and oxygen atoms in total. The van der Waals surface area contributed by atoms with E-state index in [4.69, 9.17) is 10.5 Å². The predicted octanol–water partition coefficient (Wildman–Crippen LogP) is 2.97. The monoisotopic (exact) mass is 219 g/mol. The van der Waals surface area contributed by atoms with Gasteiger partial charge in [-0.15, -0.1) is 0 Å². The van der Waals surface area contributed by atoms with E-state index in [0.717, 1.165) is 11.7 Å². The lowest BCUT2D eigenvalue weighted by Gasteiger charge is -2.19. The molecular formula is C14H21NO. The second-order valence-corrected chi connectivity index (χ2v) is 5.10. The van der Waals surface area contributed by atoms with Crippen LogP contribution in [0.5, 0.6) is 5.75 Å². The van der Waals surface area contributed by atoms with Crippen LogP contribution < -0.4 is 10.5 Å². The third-order valence-electron chi connectivity index (χ3n) is 3.68. The number of methoxy groups -OCH3 is 1. The summed E-state index contributed by atoms with van der Waals surface area (Å²) < 4.78 is 5.46. The number of ether oxygens (including phenoxy) is 1. The van der Waals surface area contributed by atoms with Gasteiger partial charge in [-0.2, -0.15) is 0 Å². The Morgan fingerprint density at radius 2 is 2.00 bits per heavy atom. The lowest BCUT2D eigenvalue weighted by atomic mass is 9.95. The van der Waals surface area contributed by atoms with Gasteiger partial charge in [-0.05, 0) is 49.3 Å². The Kier molecular flexibility index (Phi) is 2.94. The lowest BCUT2D eigenvalue weighted by Crippen LogP contribution is -2.16. The minimum atomic E-state index is 0.130. The van der Waals surface area contributed by atoms with Crippen molar-refractivity contribution in [2.75, 3.05) is 7.11 Å². The molecule has 2 heteroatoms. The first-order valence-electron chi connectivity index (χ1n) is 5.95. The smallest absolute Gasteiger partial charge is 0.124 e. The Hall–Kier alpha value is -1.02. The van der Waals surface area contributed by atoms with Crippen molar-refractivity contribution in [3.63, 3.8) is 0 Å². The van der Waals surface area contributed by atoms with E-state index in [1.807, 2.05) is 0 Å². The summed E-state index contributed by atoms with van der Waals surface area (Å²) in [4.78, 5) is 0. The summed E-state index contributed by atoms with van der Waals surface area (Å²) >= 11 is 0. The SMILES string of the molecule is COc1cc(C)cc(C)c1C(N)C1CC1C. The summed E-state index contributed by atoms with van der Waals surface area (Å²) in [7, 11) is 1.72. The third kappa shape index (κ3) is 1.94. The summed E-state index contributed by atoms with van der Waals surface area (Å²) in [6, 6.07) is 4.39. The van der Waals surface area contributed by atoms with E-state index in [2.05, 4.69) is 32.9 Å². The van der Waals surface area contributed by atoms with Crippen LogP contribution in [0.15, 0.2) is 12.1 Å². The maximum absolute atomic E-state index is 6.34. The molecule has 1 saturated carbocycles. The van der Waals surface area contributed by atoms with E-state index in [1.165, 1.54) is 23.1 Å². The highest BCUT2D eigenvalue weighted by Gasteiger charge is 2.39. The van der Waals surface area contributed by atoms with Crippen LogP contribution in [0.25, 0.3) is 0 Å². The zero-order valence-corrected chi connectivity index (χ0v) is 10.6. The zero-order chi connectivity index (χ0) is 11.9. The molecule has 16 heavy (non-hydrogen) atoms. The fourth-order valence-electron chi connectivity index (χ4n) is 2.60. The van der Waals surface area contributed by atoms with Gasteiger partial charge in [0.2, 0.25) is 0 Å². The molecule has 2 rings (SSSR count). The first-order chi connectivity index (χ1) is 7.54. The first-order valence-corrected chi connectivity index (χ1v) is 5.95. The van der Waals surface area contributed by atoms with Gasteiger partial charge < -0.3 is 10.5 Å². The Morgan fingerprint density at radius 1 is 1.38 bits per heavy atom. The summed E-state index contributed by atoms with van der Waals surface area (Å²) in [6.07, 6.45) is 1.25. The van der Waals surface area contributed by atoms with Crippen molar-refractivity contribution in [3.8, 4) is 5.75 Å². The Labute approximate surface area is 97.8 Å². The molecule has 0 aliphatic heterocycles. The molecule has 0 bridgehead atoms. The van der Waals surface area contributed by atoms with E-state index in [-0.39, 0.29) is 6.04 Å². The van der Waals surface area contributed by atoms with Crippen molar-refractivity contribution >= 4 is 0 Å². The van der Waals surface area contributed by atoms with Crippen LogP contribution in [-0.2, 0) is 0 Å². The van der Waals surface area contributed by atoms with Gasteiger partial charge >= 0.3 is 0 Å². The molecule has 3 atom stereocenters.